The number of rotatable bonds is 3. The van der Waals surface area contributed by atoms with Crippen molar-refractivity contribution in [3.8, 4) is 0 Å². The summed E-state index contributed by atoms with van der Waals surface area (Å²) in [5.74, 6) is -0.408. The van der Waals surface area contributed by atoms with Crippen molar-refractivity contribution in [1.82, 2.24) is 4.98 Å². The Balaban J connectivity index is 3.10. The molecule has 0 aliphatic rings. The predicted octanol–water partition coefficient (Wildman–Crippen LogP) is 2.81. The first-order chi connectivity index (χ1) is 6.70. The largest absolute Gasteiger partial charge is 0.462 e. The lowest BCUT2D eigenvalue weighted by Gasteiger charge is -2.07. The van der Waals surface area contributed by atoms with E-state index in [0.29, 0.717) is 22.5 Å². The number of ether oxygens (including phenoxy) is 1. The highest BCUT2D eigenvalue weighted by atomic mass is 79.9. The molecule has 0 amide bonds. The van der Waals surface area contributed by atoms with Gasteiger partial charge < -0.3 is 4.74 Å². The van der Waals surface area contributed by atoms with Gasteiger partial charge in [-0.1, -0.05) is 27.5 Å². The van der Waals surface area contributed by atoms with E-state index in [1.807, 2.05) is 0 Å². The van der Waals surface area contributed by atoms with Gasteiger partial charge in [-0.3, -0.25) is 4.98 Å². The molecule has 1 heterocycles. The van der Waals surface area contributed by atoms with Crippen molar-refractivity contribution in [1.29, 1.82) is 0 Å². The van der Waals surface area contributed by atoms with E-state index in [2.05, 4.69) is 20.9 Å². The van der Waals surface area contributed by atoms with Crippen LogP contribution in [0, 0.1) is 0 Å². The van der Waals surface area contributed by atoms with Gasteiger partial charge in [-0.25, -0.2) is 4.79 Å². The summed E-state index contributed by atoms with van der Waals surface area (Å²) >= 11 is 9.11. The van der Waals surface area contributed by atoms with Crippen molar-refractivity contribution in [2.24, 2.45) is 0 Å². The van der Waals surface area contributed by atoms with Crippen LogP contribution in [0.4, 0.5) is 0 Å². The molecule has 0 saturated carbocycles. The maximum Gasteiger partial charge on any atom is 0.340 e. The Morgan fingerprint density at radius 3 is 2.93 bits per heavy atom. The molecule has 0 N–H and O–H groups in total. The molecule has 0 saturated heterocycles. The van der Waals surface area contributed by atoms with Gasteiger partial charge in [0.15, 0.2) is 0 Å². The molecule has 0 unspecified atom stereocenters. The second-order valence-electron chi connectivity index (χ2n) is 2.51. The highest BCUT2D eigenvalue weighted by Gasteiger charge is 2.16. The number of halogens is 2. The number of hydrogen-bond donors (Lipinski definition) is 0. The van der Waals surface area contributed by atoms with Crippen LogP contribution in [0.15, 0.2) is 12.4 Å². The van der Waals surface area contributed by atoms with Crippen LogP contribution in [-0.2, 0) is 10.1 Å². The third-order valence-corrected chi connectivity index (χ3v) is 2.49. The lowest BCUT2D eigenvalue weighted by atomic mass is 10.1. The fourth-order valence-corrected chi connectivity index (χ4v) is 1.69. The monoisotopic (exact) mass is 277 g/mol. The van der Waals surface area contributed by atoms with Gasteiger partial charge in [0.25, 0.3) is 0 Å². The van der Waals surface area contributed by atoms with Gasteiger partial charge in [-0.05, 0) is 12.5 Å². The van der Waals surface area contributed by atoms with Crippen molar-refractivity contribution in [3.05, 3.63) is 28.5 Å². The first-order valence-electron chi connectivity index (χ1n) is 4.06. The van der Waals surface area contributed by atoms with Crippen LogP contribution < -0.4 is 0 Å². The Morgan fingerprint density at radius 1 is 1.64 bits per heavy atom. The summed E-state index contributed by atoms with van der Waals surface area (Å²) in [5.41, 5.74) is 1.12. The standard InChI is InChI=1S/C9H9BrClNO2/c1-2-14-9(13)8-6(3-10)4-12-5-7(8)11/h4-5H,2-3H2,1H3. The minimum atomic E-state index is -0.408. The molecule has 14 heavy (non-hydrogen) atoms. The van der Waals surface area contributed by atoms with E-state index in [-0.39, 0.29) is 0 Å². The highest BCUT2D eigenvalue weighted by Crippen LogP contribution is 2.21. The van der Waals surface area contributed by atoms with Gasteiger partial charge in [0, 0.05) is 17.7 Å². The minimum absolute atomic E-state index is 0.320. The quantitative estimate of drug-likeness (QED) is 0.630. The average Bonchev–Trinajstić information content (AvgIpc) is 2.17. The van der Waals surface area contributed by atoms with Crippen LogP contribution in [0.5, 0.6) is 0 Å². The molecule has 1 aromatic heterocycles. The molecule has 0 fully saturated rings. The average molecular weight is 279 g/mol. The second kappa shape index (κ2) is 5.32. The zero-order valence-corrected chi connectivity index (χ0v) is 9.93. The highest BCUT2D eigenvalue weighted by molar-refractivity contribution is 9.08. The predicted molar refractivity (Wildman–Crippen MR) is 57.8 cm³/mol. The van der Waals surface area contributed by atoms with Gasteiger partial charge in [-0.15, -0.1) is 0 Å². The first-order valence-corrected chi connectivity index (χ1v) is 5.56. The summed E-state index contributed by atoms with van der Waals surface area (Å²) in [6.45, 7) is 2.08. The maximum absolute atomic E-state index is 11.5. The van der Waals surface area contributed by atoms with Crippen LogP contribution >= 0.6 is 27.5 Å². The summed E-state index contributed by atoms with van der Waals surface area (Å²) in [4.78, 5) is 15.4. The number of esters is 1. The van der Waals surface area contributed by atoms with Gasteiger partial charge >= 0.3 is 5.97 Å². The maximum atomic E-state index is 11.5. The number of pyridine rings is 1. The van der Waals surface area contributed by atoms with Gasteiger partial charge in [-0.2, -0.15) is 0 Å². The van der Waals surface area contributed by atoms with Crippen LogP contribution in [-0.4, -0.2) is 17.6 Å². The van der Waals surface area contributed by atoms with Gasteiger partial charge in [0.2, 0.25) is 0 Å². The zero-order chi connectivity index (χ0) is 10.6. The Kier molecular flexibility index (Phi) is 4.35. The van der Waals surface area contributed by atoms with Crippen molar-refractivity contribution < 1.29 is 9.53 Å². The minimum Gasteiger partial charge on any atom is -0.462 e. The SMILES string of the molecule is CCOC(=O)c1c(Cl)cncc1CBr. The third kappa shape index (κ3) is 2.45. The zero-order valence-electron chi connectivity index (χ0n) is 7.59. The summed E-state index contributed by atoms with van der Waals surface area (Å²) < 4.78 is 4.88. The molecule has 76 valence electrons. The number of aromatic nitrogens is 1. The molecule has 0 atom stereocenters. The van der Waals surface area contributed by atoms with Crippen molar-refractivity contribution >= 4 is 33.5 Å². The first kappa shape index (κ1) is 11.5. The van der Waals surface area contributed by atoms with E-state index >= 15 is 0 Å². The van der Waals surface area contributed by atoms with E-state index in [1.54, 1.807) is 13.1 Å². The van der Waals surface area contributed by atoms with Gasteiger partial charge in [0.05, 0.1) is 17.2 Å². The van der Waals surface area contributed by atoms with E-state index in [1.165, 1.54) is 6.20 Å². The number of nitrogens with zero attached hydrogens (tertiary/aromatic N) is 1. The summed E-state index contributed by atoms with van der Waals surface area (Å²) in [7, 11) is 0. The van der Waals surface area contributed by atoms with E-state index < -0.39 is 5.97 Å². The molecule has 5 heteroatoms. The van der Waals surface area contributed by atoms with E-state index in [4.69, 9.17) is 16.3 Å². The Labute approximate surface area is 95.6 Å². The van der Waals surface area contributed by atoms with Crippen molar-refractivity contribution in [3.63, 3.8) is 0 Å². The van der Waals surface area contributed by atoms with Gasteiger partial charge in [0.1, 0.15) is 0 Å². The molecule has 0 aliphatic heterocycles. The normalized spacial score (nSPS) is 9.93. The Morgan fingerprint density at radius 2 is 2.36 bits per heavy atom. The number of carbonyl (C=O) groups excluding carboxylic acids is 1. The molecule has 0 aliphatic carbocycles. The van der Waals surface area contributed by atoms with Crippen LogP contribution in [0.1, 0.15) is 22.8 Å². The van der Waals surface area contributed by atoms with Crippen LogP contribution in [0.25, 0.3) is 0 Å². The number of alkyl halides is 1. The molecule has 0 aromatic carbocycles. The fraction of sp³-hybridized carbons (Fsp3) is 0.333. The molecular weight excluding hydrogens is 269 g/mol. The molecule has 0 spiro atoms. The third-order valence-electron chi connectivity index (χ3n) is 1.60. The summed E-state index contributed by atoms with van der Waals surface area (Å²) in [6, 6.07) is 0. The lowest BCUT2D eigenvalue weighted by molar-refractivity contribution is 0.0525. The van der Waals surface area contributed by atoms with Crippen molar-refractivity contribution in [2.45, 2.75) is 12.3 Å². The summed E-state index contributed by atoms with van der Waals surface area (Å²) in [5, 5.41) is 0.842. The fourth-order valence-electron chi connectivity index (χ4n) is 1.01. The molecular formula is C9H9BrClNO2. The molecule has 3 nitrogen and oxygen atoms in total. The topological polar surface area (TPSA) is 39.2 Å². The van der Waals surface area contributed by atoms with Crippen LogP contribution in [0.3, 0.4) is 0 Å². The lowest BCUT2D eigenvalue weighted by Crippen LogP contribution is -2.08. The van der Waals surface area contributed by atoms with Crippen molar-refractivity contribution in [2.75, 3.05) is 6.61 Å². The number of carbonyl (C=O) groups is 1. The molecule has 0 bridgehead atoms. The van der Waals surface area contributed by atoms with Crippen LogP contribution in [0.2, 0.25) is 5.02 Å². The Bertz CT molecular complexity index is 344. The van der Waals surface area contributed by atoms with E-state index in [0.717, 1.165) is 5.56 Å². The molecule has 1 rings (SSSR count). The Hall–Kier alpha value is -0.610. The molecule has 0 radical (unpaired) electrons. The summed E-state index contributed by atoms with van der Waals surface area (Å²) in [6.07, 6.45) is 3.02. The second-order valence-corrected chi connectivity index (χ2v) is 3.48. The van der Waals surface area contributed by atoms with E-state index in [9.17, 15) is 4.79 Å². The smallest absolute Gasteiger partial charge is 0.340 e. The number of hydrogen-bond acceptors (Lipinski definition) is 3. The molecule has 1 aromatic rings.